The number of nitrogens with zero attached hydrogens (tertiary/aromatic N) is 3. The number of ether oxygens (including phenoxy) is 4. The molecule has 1 aliphatic heterocycles. The minimum absolute atomic E-state index is 0.104. The number of carbonyl (C=O) groups is 1. The lowest BCUT2D eigenvalue weighted by Gasteiger charge is -2.42. The van der Waals surface area contributed by atoms with Crippen LogP contribution in [0, 0.1) is 0 Å². The standard InChI is InChI=1S/C37H43N3O7S/c1-6-27-11-17-35(18-12-27)48(42,43)40-20-19-38(30-21-33(46-4)23-34(22-30)47-5)26-36(40)37(41)39(24-28-7-13-31(44-2)14-8-28)25-29-9-15-32(45-3)16-10-29/h7-18,21-23,36H,6,19-20,24-26H2,1-5H3/t36-/m1/s1. The summed E-state index contributed by atoms with van der Waals surface area (Å²) in [6.07, 6.45) is 0.787. The van der Waals surface area contributed by atoms with Crippen molar-refractivity contribution < 1.29 is 32.2 Å². The van der Waals surface area contributed by atoms with Gasteiger partial charge in [-0.05, 0) is 59.5 Å². The fourth-order valence-electron chi connectivity index (χ4n) is 5.82. The Bertz CT molecular complexity index is 1710. The normalized spacial score (nSPS) is 15.1. The molecule has 48 heavy (non-hydrogen) atoms. The van der Waals surface area contributed by atoms with E-state index in [9.17, 15) is 13.2 Å². The molecule has 1 fully saturated rings. The molecule has 1 saturated heterocycles. The second kappa shape index (κ2) is 15.4. The first-order valence-electron chi connectivity index (χ1n) is 15.8. The number of anilines is 1. The molecule has 1 amide bonds. The molecular weight excluding hydrogens is 630 g/mol. The van der Waals surface area contributed by atoms with E-state index in [0.717, 1.165) is 28.8 Å². The molecule has 0 saturated carbocycles. The van der Waals surface area contributed by atoms with Gasteiger partial charge in [-0.15, -0.1) is 0 Å². The summed E-state index contributed by atoms with van der Waals surface area (Å²) in [6.45, 7) is 3.14. The Morgan fingerprint density at radius 1 is 0.688 bits per heavy atom. The van der Waals surface area contributed by atoms with Gasteiger partial charge in [-0.25, -0.2) is 8.42 Å². The van der Waals surface area contributed by atoms with Crippen molar-refractivity contribution in [1.29, 1.82) is 0 Å². The molecule has 0 radical (unpaired) electrons. The number of hydrogen-bond donors (Lipinski definition) is 0. The van der Waals surface area contributed by atoms with Crippen LogP contribution in [0.2, 0.25) is 0 Å². The van der Waals surface area contributed by atoms with Crippen molar-refractivity contribution in [1.82, 2.24) is 9.21 Å². The maximum atomic E-state index is 14.9. The van der Waals surface area contributed by atoms with Crippen LogP contribution in [0.4, 0.5) is 5.69 Å². The van der Waals surface area contributed by atoms with Gasteiger partial charge in [0, 0.05) is 56.6 Å². The van der Waals surface area contributed by atoms with E-state index in [0.29, 0.717) is 29.5 Å². The van der Waals surface area contributed by atoms with Crippen molar-refractivity contribution in [2.75, 3.05) is 53.0 Å². The fourth-order valence-corrected chi connectivity index (χ4v) is 7.39. The molecule has 11 heteroatoms. The summed E-state index contributed by atoms with van der Waals surface area (Å²) in [4.78, 5) is 18.7. The molecule has 0 aliphatic carbocycles. The highest BCUT2D eigenvalue weighted by molar-refractivity contribution is 7.89. The van der Waals surface area contributed by atoms with Gasteiger partial charge >= 0.3 is 0 Å². The average Bonchev–Trinajstić information content (AvgIpc) is 3.14. The summed E-state index contributed by atoms with van der Waals surface area (Å²) in [5.74, 6) is 2.29. The Hall–Kier alpha value is -4.74. The molecule has 0 spiro atoms. The minimum atomic E-state index is -4.03. The number of amides is 1. The maximum absolute atomic E-state index is 14.9. The van der Waals surface area contributed by atoms with E-state index in [1.807, 2.05) is 84.6 Å². The van der Waals surface area contributed by atoms with Crippen LogP contribution in [0.15, 0.2) is 95.9 Å². The van der Waals surface area contributed by atoms with Crippen LogP contribution >= 0.6 is 0 Å². The summed E-state index contributed by atoms with van der Waals surface area (Å²) in [7, 11) is 2.33. The van der Waals surface area contributed by atoms with Crippen molar-refractivity contribution >= 4 is 21.6 Å². The van der Waals surface area contributed by atoms with Crippen LogP contribution in [0.1, 0.15) is 23.6 Å². The molecule has 1 atom stereocenters. The second-order valence-electron chi connectivity index (χ2n) is 11.5. The van der Waals surface area contributed by atoms with E-state index in [4.69, 9.17) is 18.9 Å². The van der Waals surface area contributed by atoms with E-state index < -0.39 is 16.1 Å². The molecule has 0 aromatic heterocycles. The summed E-state index contributed by atoms with van der Waals surface area (Å²) in [5.41, 5.74) is 3.56. The van der Waals surface area contributed by atoms with Gasteiger partial charge in [0.1, 0.15) is 29.0 Å². The highest BCUT2D eigenvalue weighted by atomic mass is 32.2. The molecule has 1 aliphatic rings. The fraction of sp³-hybridized carbons (Fsp3) is 0.324. The van der Waals surface area contributed by atoms with Crippen molar-refractivity contribution in [2.24, 2.45) is 0 Å². The van der Waals surface area contributed by atoms with Gasteiger partial charge in [-0.2, -0.15) is 4.31 Å². The minimum Gasteiger partial charge on any atom is -0.497 e. The van der Waals surface area contributed by atoms with Crippen molar-refractivity contribution in [3.05, 3.63) is 108 Å². The lowest BCUT2D eigenvalue weighted by atomic mass is 10.1. The van der Waals surface area contributed by atoms with Gasteiger partial charge in [-0.1, -0.05) is 43.3 Å². The molecular formula is C37H43N3O7S. The third-order valence-corrected chi connectivity index (χ3v) is 10.6. The van der Waals surface area contributed by atoms with Crippen LogP contribution in [0.25, 0.3) is 0 Å². The summed E-state index contributed by atoms with van der Waals surface area (Å²) in [6, 6.07) is 26.4. The Kier molecular flexibility index (Phi) is 11.1. The van der Waals surface area contributed by atoms with E-state index in [2.05, 4.69) is 0 Å². The highest BCUT2D eigenvalue weighted by Crippen LogP contribution is 2.32. The molecule has 4 aromatic rings. The Balaban J connectivity index is 1.55. The smallest absolute Gasteiger partial charge is 0.243 e. The number of hydrogen-bond acceptors (Lipinski definition) is 8. The van der Waals surface area contributed by atoms with Crippen LogP contribution in [-0.2, 0) is 34.3 Å². The summed E-state index contributed by atoms with van der Waals surface area (Å²) < 4.78 is 51.7. The highest BCUT2D eigenvalue weighted by Gasteiger charge is 2.42. The van der Waals surface area contributed by atoms with Gasteiger partial charge < -0.3 is 28.7 Å². The Morgan fingerprint density at radius 2 is 1.17 bits per heavy atom. The number of aryl methyl sites for hydroxylation is 1. The summed E-state index contributed by atoms with van der Waals surface area (Å²) >= 11 is 0. The van der Waals surface area contributed by atoms with Gasteiger partial charge in [0.2, 0.25) is 15.9 Å². The quantitative estimate of drug-likeness (QED) is 0.186. The molecule has 1 heterocycles. The Labute approximate surface area is 283 Å². The SMILES string of the molecule is CCc1ccc(S(=O)(=O)N2CCN(c3cc(OC)cc(OC)c3)C[C@@H]2C(=O)N(Cc2ccc(OC)cc2)Cc2ccc(OC)cc2)cc1. The van der Waals surface area contributed by atoms with Crippen molar-refractivity contribution in [2.45, 2.75) is 37.4 Å². The van der Waals surface area contributed by atoms with Crippen LogP contribution in [0.5, 0.6) is 23.0 Å². The number of piperazine rings is 1. The van der Waals surface area contributed by atoms with E-state index >= 15 is 0 Å². The number of sulfonamides is 1. The molecule has 254 valence electrons. The molecule has 0 bridgehead atoms. The maximum Gasteiger partial charge on any atom is 0.243 e. The predicted molar refractivity (Wildman–Crippen MR) is 186 cm³/mol. The zero-order valence-corrected chi connectivity index (χ0v) is 28.9. The third-order valence-electron chi connectivity index (χ3n) is 8.63. The summed E-state index contributed by atoms with van der Waals surface area (Å²) in [5, 5.41) is 0. The molecule has 4 aromatic carbocycles. The zero-order valence-electron chi connectivity index (χ0n) is 28.1. The largest absolute Gasteiger partial charge is 0.497 e. The zero-order chi connectivity index (χ0) is 34.3. The first-order valence-corrected chi connectivity index (χ1v) is 17.3. The third kappa shape index (κ3) is 7.86. The lowest BCUT2D eigenvalue weighted by Crippen LogP contribution is -2.61. The van der Waals surface area contributed by atoms with E-state index in [1.54, 1.807) is 51.5 Å². The first-order chi connectivity index (χ1) is 23.2. The average molecular weight is 674 g/mol. The lowest BCUT2D eigenvalue weighted by molar-refractivity contribution is -0.136. The molecule has 5 rings (SSSR count). The number of carbonyl (C=O) groups excluding carboxylic acids is 1. The van der Waals surface area contributed by atoms with Crippen LogP contribution in [-0.4, -0.2) is 77.6 Å². The van der Waals surface area contributed by atoms with Crippen molar-refractivity contribution in [3.8, 4) is 23.0 Å². The van der Waals surface area contributed by atoms with Crippen molar-refractivity contribution in [3.63, 3.8) is 0 Å². The predicted octanol–water partition coefficient (Wildman–Crippen LogP) is 5.39. The van der Waals surface area contributed by atoms with Gasteiger partial charge in [0.05, 0.1) is 33.3 Å². The molecule has 0 unspecified atom stereocenters. The van der Waals surface area contributed by atoms with Gasteiger partial charge in [-0.3, -0.25) is 4.79 Å². The molecule has 0 N–H and O–H groups in total. The van der Waals surface area contributed by atoms with Crippen LogP contribution < -0.4 is 23.8 Å². The number of benzene rings is 4. The van der Waals surface area contributed by atoms with Gasteiger partial charge in [0.25, 0.3) is 0 Å². The topological polar surface area (TPSA) is 97.9 Å². The first kappa shape index (κ1) is 34.6. The van der Waals surface area contributed by atoms with Crippen LogP contribution in [0.3, 0.4) is 0 Å². The van der Waals surface area contributed by atoms with Gasteiger partial charge in [0.15, 0.2) is 0 Å². The monoisotopic (exact) mass is 673 g/mol. The number of rotatable bonds is 13. The molecule has 10 nitrogen and oxygen atoms in total. The Morgan fingerprint density at radius 3 is 1.62 bits per heavy atom. The second-order valence-corrected chi connectivity index (χ2v) is 13.4. The van der Waals surface area contributed by atoms with E-state index in [-0.39, 0.29) is 37.0 Å². The van der Waals surface area contributed by atoms with E-state index in [1.165, 1.54) is 4.31 Å². The number of methoxy groups -OCH3 is 4.